The predicted octanol–water partition coefficient (Wildman–Crippen LogP) is 7.93. The molecule has 3 aromatic rings. The Morgan fingerprint density at radius 1 is 1.06 bits per heavy atom. The number of ketones is 1. The van der Waals surface area contributed by atoms with Gasteiger partial charge in [-0.3, -0.25) is 15.1 Å². The summed E-state index contributed by atoms with van der Waals surface area (Å²) in [5.41, 5.74) is 5.18. The van der Waals surface area contributed by atoms with Crippen LogP contribution in [0.5, 0.6) is 0 Å². The van der Waals surface area contributed by atoms with Crippen LogP contribution in [0, 0.1) is 12.3 Å². The van der Waals surface area contributed by atoms with Crippen molar-refractivity contribution in [3.05, 3.63) is 111 Å². The van der Waals surface area contributed by atoms with E-state index >= 15 is 0 Å². The molecule has 1 atom stereocenters. The first-order valence-corrected chi connectivity index (χ1v) is 13.5. The number of aryl methyl sites for hydroxylation is 1. The number of rotatable bonds is 4. The molecule has 5 rings (SSSR count). The van der Waals surface area contributed by atoms with E-state index in [0.717, 1.165) is 28.1 Å². The fourth-order valence-electron chi connectivity index (χ4n) is 5.09. The number of hydrogen-bond donors (Lipinski definition) is 2. The lowest BCUT2D eigenvalue weighted by molar-refractivity contribution is -0.116. The number of carbonyl (C=O) groups is 1. The highest BCUT2D eigenvalue weighted by atomic mass is 35.5. The fourth-order valence-corrected chi connectivity index (χ4v) is 5.68. The van der Waals surface area contributed by atoms with Crippen LogP contribution in [0.3, 0.4) is 0 Å². The normalized spacial score (nSPS) is 19.4. The molecule has 182 valence electrons. The Bertz CT molecular complexity index is 1410. The first-order chi connectivity index (χ1) is 17.4. The van der Waals surface area contributed by atoms with Gasteiger partial charge in [0.2, 0.25) is 0 Å². The molecule has 1 unspecified atom stereocenters. The Labute approximate surface area is 220 Å². The Hall–Kier alpha value is -3.28. The van der Waals surface area contributed by atoms with Gasteiger partial charge in [-0.2, -0.15) is 0 Å². The number of aliphatic hydroxyl groups is 1. The van der Waals surface area contributed by atoms with Crippen LogP contribution < -0.4 is 4.90 Å². The van der Waals surface area contributed by atoms with Crippen LogP contribution in [0.4, 0.5) is 5.69 Å². The average Bonchev–Trinajstić information content (AvgIpc) is 2.88. The van der Waals surface area contributed by atoms with Crippen LogP contribution in [-0.2, 0) is 4.79 Å². The molecule has 0 amide bonds. The van der Waals surface area contributed by atoms with Crippen molar-refractivity contribution < 1.29 is 9.90 Å². The largest absolute Gasteiger partial charge is 0.507 e. The molecule has 0 aromatic heterocycles. The third-order valence-electron chi connectivity index (χ3n) is 6.85. The van der Waals surface area contributed by atoms with Crippen molar-refractivity contribution >= 4 is 46.4 Å². The van der Waals surface area contributed by atoms with Crippen LogP contribution in [0.1, 0.15) is 41.9 Å². The van der Waals surface area contributed by atoms with Crippen LogP contribution in [0.15, 0.2) is 94.5 Å². The topological polar surface area (TPSA) is 64.4 Å². The molecule has 3 aromatic carbocycles. The maximum absolute atomic E-state index is 13.5. The van der Waals surface area contributed by atoms with Gasteiger partial charge in [-0.15, -0.1) is 11.8 Å². The van der Waals surface area contributed by atoms with E-state index in [9.17, 15) is 15.3 Å². The molecule has 0 spiro atoms. The summed E-state index contributed by atoms with van der Waals surface area (Å²) in [6, 6.07) is 23.0. The van der Waals surface area contributed by atoms with Crippen molar-refractivity contribution in [2.24, 2.45) is 0 Å². The molecule has 0 bridgehead atoms. The van der Waals surface area contributed by atoms with Gasteiger partial charge in [0.25, 0.3) is 0 Å². The quantitative estimate of drug-likeness (QED) is 0.274. The van der Waals surface area contributed by atoms with E-state index < -0.39 is 5.92 Å². The van der Waals surface area contributed by atoms with Gasteiger partial charge >= 0.3 is 0 Å². The molecule has 2 aliphatic rings. The minimum atomic E-state index is -0.534. The van der Waals surface area contributed by atoms with E-state index in [0.29, 0.717) is 40.3 Å². The predicted molar refractivity (Wildman–Crippen MR) is 149 cm³/mol. The van der Waals surface area contributed by atoms with Gasteiger partial charge in [-0.1, -0.05) is 59.6 Å². The molecule has 1 heterocycles. The molecular weight excluding hydrogens is 488 g/mol. The van der Waals surface area contributed by atoms with E-state index in [-0.39, 0.29) is 17.4 Å². The summed E-state index contributed by atoms with van der Waals surface area (Å²) in [6.07, 6.45) is 3.87. The molecule has 4 nitrogen and oxygen atoms in total. The van der Waals surface area contributed by atoms with Gasteiger partial charge in [-0.25, -0.2) is 0 Å². The standard InChI is InChI=1S/C30H27ClN2O2S/c1-18-9-11-20(12-10-18)29(35)28-26(19-13-15-23(36-2)16-14-19)27-24(7-4-8-25(27)34)33(30(28)32)22-6-3-5-21(31)17-22/h3,5-6,9-17,26,32,35H,4,7-8H2,1-2H3/b29-28+,32-30?. The molecule has 0 radical (unpaired) electrons. The molecule has 0 fully saturated rings. The van der Waals surface area contributed by atoms with Gasteiger partial charge in [0, 0.05) is 50.4 Å². The maximum Gasteiger partial charge on any atom is 0.161 e. The van der Waals surface area contributed by atoms with Crippen molar-refractivity contribution in [1.82, 2.24) is 0 Å². The zero-order chi connectivity index (χ0) is 25.4. The molecule has 1 aliphatic heterocycles. The Kier molecular flexibility index (Phi) is 6.78. The third-order valence-corrected chi connectivity index (χ3v) is 7.83. The molecule has 6 heteroatoms. The number of allylic oxidation sites excluding steroid dienone is 2. The van der Waals surface area contributed by atoms with Crippen LogP contribution in [0.2, 0.25) is 5.02 Å². The summed E-state index contributed by atoms with van der Waals surface area (Å²) in [5, 5.41) is 21.6. The Morgan fingerprint density at radius 3 is 2.44 bits per heavy atom. The van der Waals surface area contributed by atoms with Gasteiger partial charge in [0.15, 0.2) is 5.78 Å². The lowest BCUT2D eigenvalue weighted by Crippen LogP contribution is -2.42. The number of Topliss-reactive ketones (excluding diaryl/α,β-unsaturated/α-hetero) is 1. The Morgan fingerprint density at radius 2 is 1.78 bits per heavy atom. The third kappa shape index (κ3) is 4.38. The van der Waals surface area contributed by atoms with Crippen molar-refractivity contribution in [1.29, 1.82) is 5.41 Å². The van der Waals surface area contributed by atoms with Crippen LogP contribution in [0.25, 0.3) is 5.76 Å². The number of halogens is 1. The average molecular weight is 515 g/mol. The highest BCUT2D eigenvalue weighted by Gasteiger charge is 2.43. The first kappa shape index (κ1) is 24.4. The summed E-state index contributed by atoms with van der Waals surface area (Å²) >= 11 is 7.98. The van der Waals surface area contributed by atoms with Gasteiger partial charge in [-0.05, 0) is 61.9 Å². The first-order valence-electron chi connectivity index (χ1n) is 11.9. The van der Waals surface area contributed by atoms with Gasteiger partial charge in [0.1, 0.15) is 11.6 Å². The van der Waals surface area contributed by atoms with Gasteiger partial charge in [0.05, 0.1) is 0 Å². The number of amidine groups is 1. The number of nitrogens with one attached hydrogen (secondary N) is 1. The summed E-state index contributed by atoms with van der Waals surface area (Å²) < 4.78 is 0. The molecule has 1 aliphatic carbocycles. The summed E-state index contributed by atoms with van der Waals surface area (Å²) in [6.45, 7) is 1.99. The molecule has 36 heavy (non-hydrogen) atoms. The molecule has 0 saturated carbocycles. The lowest BCUT2D eigenvalue weighted by Gasteiger charge is -2.41. The fraction of sp³-hybridized carbons (Fsp3) is 0.200. The maximum atomic E-state index is 13.5. The van der Waals surface area contributed by atoms with Crippen molar-refractivity contribution in [2.75, 3.05) is 11.2 Å². The summed E-state index contributed by atoms with van der Waals surface area (Å²) in [5.74, 6) is -0.310. The number of thioether (sulfide) groups is 1. The number of benzene rings is 3. The number of aliphatic hydroxyl groups excluding tert-OH is 1. The second-order valence-electron chi connectivity index (χ2n) is 9.14. The van der Waals surface area contributed by atoms with E-state index in [2.05, 4.69) is 0 Å². The minimum absolute atomic E-state index is 0.0101. The molecule has 2 N–H and O–H groups in total. The lowest BCUT2D eigenvalue weighted by atomic mass is 9.73. The Balaban J connectivity index is 1.81. The highest BCUT2D eigenvalue weighted by molar-refractivity contribution is 7.98. The minimum Gasteiger partial charge on any atom is -0.507 e. The number of nitrogens with zero attached hydrogens (tertiary/aromatic N) is 1. The monoisotopic (exact) mass is 514 g/mol. The second kappa shape index (κ2) is 10.00. The second-order valence-corrected chi connectivity index (χ2v) is 10.5. The zero-order valence-corrected chi connectivity index (χ0v) is 21.8. The smallest absolute Gasteiger partial charge is 0.161 e. The zero-order valence-electron chi connectivity index (χ0n) is 20.2. The van der Waals surface area contributed by atoms with Crippen LogP contribution >= 0.6 is 23.4 Å². The van der Waals surface area contributed by atoms with E-state index in [1.165, 1.54) is 0 Å². The van der Waals surface area contributed by atoms with E-state index in [1.54, 1.807) is 28.8 Å². The van der Waals surface area contributed by atoms with E-state index in [1.807, 2.05) is 73.8 Å². The van der Waals surface area contributed by atoms with Gasteiger partial charge < -0.3 is 5.11 Å². The van der Waals surface area contributed by atoms with Crippen molar-refractivity contribution in [2.45, 2.75) is 37.0 Å². The number of carbonyl (C=O) groups excluding carboxylic acids is 1. The SMILES string of the molecule is CSc1ccc(C2C3=C(CCCC3=O)N(c3cccc(Cl)c3)C(=N)/C2=C(/O)c2ccc(C)cc2)cc1. The number of anilines is 1. The van der Waals surface area contributed by atoms with Crippen molar-refractivity contribution in [3.63, 3.8) is 0 Å². The van der Waals surface area contributed by atoms with Crippen molar-refractivity contribution in [3.8, 4) is 0 Å². The summed E-state index contributed by atoms with van der Waals surface area (Å²) in [4.78, 5) is 16.5. The highest BCUT2D eigenvalue weighted by Crippen LogP contribution is 2.48. The molecule has 0 saturated heterocycles. The number of hydrogen-bond acceptors (Lipinski definition) is 4. The van der Waals surface area contributed by atoms with E-state index in [4.69, 9.17) is 11.6 Å². The van der Waals surface area contributed by atoms with Crippen LogP contribution in [-0.4, -0.2) is 23.0 Å². The molecular formula is C30H27ClN2O2S. The summed E-state index contributed by atoms with van der Waals surface area (Å²) in [7, 11) is 0.